The largest absolute Gasteiger partial charge is 0.207 e. The van der Waals surface area contributed by atoms with Crippen LogP contribution < -0.4 is 0 Å². The van der Waals surface area contributed by atoms with E-state index in [1.807, 2.05) is 6.07 Å². The fourth-order valence-corrected chi connectivity index (χ4v) is 3.53. The summed E-state index contributed by atoms with van der Waals surface area (Å²) in [5, 5.41) is 0. The van der Waals surface area contributed by atoms with E-state index in [0.29, 0.717) is 5.56 Å². The Kier molecular flexibility index (Phi) is 3.63. The number of benzene rings is 2. The first-order valence-electron chi connectivity index (χ1n) is 6.78. The van der Waals surface area contributed by atoms with E-state index in [1.54, 1.807) is 6.92 Å². The summed E-state index contributed by atoms with van der Waals surface area (Å²) in [5.41, 5.74) is 4.14. The van der Waals surface area contributed by atoms with Crippen LogP contribution in [0.25, 0.3) is 0 Å². The predicted molar refractivity (Wildman–Crippen MR) is 80.3 cm³/mol. The van der Waals surface area contributed by atoms with Crippen molar-refractivity contribution in [3.05, 3.63) is 69.8 Å². The van der Waals surface area contributed by atoms with E-state index in [2.05, 4.69) is 28.1 Å². The molecule has 2 aromatic rings. The molecule has 104 valence electrons. The lowest BCUT2D eigenvalue weighted by Crippen LogP contribution is -2.03. The lowest BCUT2D eigenvalue weighted by atomic mass is 9.98. The lowest BCUT2D eigenvalue weighted by molar-refractivity contribution is 0.555. The van der Waals surface area contributed by atoms with Crippen molar-refractivity contribution in [1.82, 2.24) is 0 Å². The van der Waals surface area contributed by atoms with E-state index in [4.69, 9.17) is 0 Å². The lowest BCUT2D eigenvalue weighted by Gasteiger charge is -2.15. The van der Waals surface area contributed by atoms with Crippen LogP contribution >= 0.6 is 15.9 Å². The van der Waals surface area contributed by atoms with E-state index >= 15 is 0 Å². The van der Waals surface area contributed by atoms with Gasteiger partial charge in [0.2, 0.25) is 0 Å². The molecule has 0 saturated carbocycles. The minimum Gasteiger partial charge on any atom is -0.207 e. The monoisotopic (exact) mass is 336 g/mol. The molecule has 0 amide bonds. The molecule has 0 heterocycles. The van der Waals surface area contributed by atoms with Gasteiger partial charge in [-0.05, 0) is 54.5 Å². The van der Waals surface area contributed by atoms with E-state index in [9.17, 15) is 8.78 Å². The van der Waals surface area contributed by atoms with Crippen LogP contribution in [0.4, 0.5) is 8.78 Å². The number of rotatable bonds is 2. The second kappa shape index (κ2) is 5.28. The van der Waals surface area contributed by atoms with Gasteiger partial charge in [-0.3, -0.25) is 0 Å². The van der Waals surface area contributed by atoms with Gasteiger partial charge in [-0.15, -0.1) is 0 Å². The molecule has 1 unspecified atom stereocenters. The molecule has 20 heavy (non-hydrogen) atoms. The van der Waals surface area contributed by atoms with Crippen molar-refractivity contribution in [2.45, 2.75) is 31.0 Å². The van der Waals surface area contributed by atoms with E-state index in [0.717, 1.165) is 18.4 Å². The van der Waals surface area contributed by atoms with Crippen LogP contribution in [-0.2, 0) is 12.8 Å². The number of hydrogen-bond acceptors (Lipinski definition) is 0. The van der Waals surface area contributed by atoms with Crippen LogP contribution in [0.1, 0.15) is 39.1 Å². The summed E-state index contributed by atoms with van der Waals surface area (Å²) in [6.07, 6.45) is 3.33. The highest BCUT2D eigenvalue weighted by Crippen LogP contribution is 2.37. The van der Waals surface area contributed by atoms with Crippen molar-refractivity contribution in [2.75, 3.05) is 0 Å². The maximum atomic E-state index is 14.2. The minimum absolute atomic E-state index is 0.1000. The van der Waals surface area contributed by atoms with Gasteiger partial charge in [0.05, 0.1) is 4.83 Å². The van der Waals surface area contributed by atoms with Gasteiger partial charge in [0.25, 0.3) is 0 Å². The molecule has 1 aliphatic carbocycles. The summed E-state index contributed by atoms with van der Waals surface area (Å²) < 4.78 is 28.2. The molecule has 3 rings (SSSR count). The Morgan fingerprint density at radius 2 is 1.80 bits per heavy atom. The van der Waals surface area contributed by atoms with Crippen molar-refractivity contribution in [3.8, 4) is 0 Å². The Labute approximate surface area is 126 Å². The molecule has 0 nitrogen and oxygen atoms in total. The summed E-state index contributed by atoms with van der Waals surface area (Å²) in [6, 6.07) is 8.91. The summed E-state index contributed by atoms with van der Waals surface area (Å²) in [6.45, 7) is 1.65. The van der Waals surface area contributed by atoms with Crippen LogP contribution in [-0.4, -0.2) is 0 Å². The minimum atomic E-state index is -0.504. The van der Waals surface area contributed by atoms with Gasteiger partial charge < -0.3 is 0 Å². The molecule has 0 fully saturated rings. The zero-order chi connectivity index (χ0) is 14.3. The Balaban J connectivity index is 2.05. The third kappa shape index (κ3) is 2.28. The molecule has 0 aromatic heterocycles. The maximum Gasteiger partial charge on any atom is 0.133 e. The fourth-order valence-electron chi connectivity index (χ4n) is 2.83. The zero-order valence-electron chi connectivity index (χ0n) is 11.2. The standard InChI is InChI=1S/C17H15BrF2/c1-10-5-8-14(19)15(17(10)20)16(18)13-7-6-11-3-2-4-12(11)9-13/h5-9,16H,2-4H2,1H3. The van der Waals surface area contributed by atoms with Gasteiger partial charge in [0.15, 0.2) is 0 Å². The Bertz CT molecular complexity index is 664. The highest BCUT2D eigenvalue weighted by Gasteiger charge is 2.22. The SMILES string of the molecule is Cc1ccc(F)c(C(Br)c2ccc3c(c2)CCC3)c1F. The Morgan fingerprint density at radius 1 is 1.05 bits per heavy atom. The van der Waals surface area contributed by atoms with Gasteiger partial charge in [0, 0.05) is 5.56 Å². The highest BCUT2D eigenvalue weighted by atomic mass is 79.9. The number of alkyl halides is 1. The fraction of sp³-hybridized carbons (Fsp3) is 0.294. The molecule has 1 atom stereocenters. The van der Waals surface area contributed by atoms with Crippen LogP contribution in [0.5, 0.6) is 0 Å². The molecular formula is C17H15BrF2. The Hall–Kier alpha value is -1.22. The predicted octanol–water partition coefficient (Wildman–Crippen LogP) is 5.25. The molecule has 0 aliphatic heterocycles. The topological polar surface area (TPSA) is 0 Å². The quantitative estimate of drug-likeness (QED) is 0.657. The van der Waals surface area contributed by atoms with E-state index < -0.39 is 16.5 Å². The third-order valence-corrected chi connectivity index (χ3v) is 4.97. The van der Waals surface area contributed by atoms with Crippen molar-refractivity contribution >= 4 is 15.9 Å². The van der Waals surface area contributed by atoms with Crippen LogP contribution in [0.15, 0.2) is 30.3 Å². The van der Waals surface area contributed by atoms with E-state index in [1.165, 1.54) is 29.7 Å². The summed E-state index contributed by atoms with van der Waals surface area (Å²) >= 11 is 3.46. The zero-order valence-corrected chi connectivity index (χ0v) is 12.8. The van der Waals surface area contributed by atoms with Crippen LogP contribution in [0, 0.1) is 18.6 Å². The normalized spacial score (nSPS) is 15.2. The number of halogens is 3. The van der Waals surface area contributed by atoms with Gasteiger partial charge in [-0.1, -0.05) is 40.2 Å². The molecule has 0 bridgehead atoms. The number of fused-ring (bicyclic) bond motifs is 1. The number of aryl methyl sites for hydroxylation is 3. The molecule has 0 spiro atoms. The summed E-state index contributed by atoms with van der Waals surface area (Å²) in [5.74, 6) is -0.970. The van der Waals surface area contributed by atoms with Gasteiger partial charge in [-0.2, -0.15) is 0 Å². The molecule has 0 N–H and O–H groups in total. The number of hydrogen-bond donors (Lipinski definition) is 0. The molecule has 0 saturated heterocycles. The van der Waals surface area contributed by atoms with Gasteiger partial charge in [0.1, 0.15) is 11.6 Å². The van der Waals surface area contributed by atoms with Crippen LogP contribution in [0.2, 0.25) is 0 Å². The summed E-state index contributed by atoms with van der Waals surface area (Å²) in [4.78, 5) is -0.451. The summed E-state index contributed by atoms with van der Waals surface area (Å²) in [7, 11) is 0. The average Bonchev–Trinajstić information content (AvgIpc) is 2.90. The molecule has 3 heteroatoms. The van der Waals surface area contributed by atoms with Crippen molar-refractivity contribution in [1.29, 1.82) is 0 Å². The first kappa shape index (κ1) is 13.7. The van der Waals surface area contributed by atoms with Crippen molar-refractivity contribution < 1.29 is 8.78 Å². The smallest absolute Gasteiger partial charge is 0.133 e. The van der Waals surface area contributed by atoms with Gasteiger partial charge >= 0.3 is 0 Å². The van der Waals surface area contributed by atoms with Crippen LogP contribution in [0.3, 0.4) is 0 Å². The van der Waals surface area contributed by atoms with Crippen molar-refractivity contribution in [3.63, 3.8) is 0 Å². The second-order valence-corrected chi connectivity index (χ2v) is 6.25. The first-order chi connectivity index (χ1) is 9.58. The maximum absolute atomic E-state index is 14.2. The Morgan fingerprint density at radius 3 is 2.60 bits per heavy atom. The molecule has 0 radical (unpaired) electrons. The third-order valence-electron chi connectivity index (χ3n) is 3.99. The molecular weight excluding hydrogens is 322 g/mol. The van der Waals surface area contributed by atoms with E-state index in [-0.39, 0.29) is 5.56 Å². The van der Waals surface area contributed by atoms with Crippen molar-refractivity contribution in [2.24, 2.45) is 0 Å². The van der Waals surface area contributed by atoms with Gasteiger partial charge in [-0.25, -0.2) is 8.78 Å². The average molecular weight is 337 g/mol. The highest BCUT2D eigenvalue weighted by molar-refractivity contribution is 9.09. The molecule has 1 aliphatic rings. The molecule has 2 aromatic carbocycles. The first-order valence-corrected chi connectivity index (χ1v) is 7.70. The second-order valence-electron chi connectivity index (χ2n) is 5.34.